The lowest BCUT2D eigenvalue weighted by molar-refractivity contribution is -0.150. The molecule has 2 aliphatic heterocycles. The van der Waals surface area contributed by atoms with Gasteiger partial charge in [0.15, 0.2) is 6.61 Å². The molecule has 8 heteroatoms. The Balaban J connectivity index is 1.54. The molecule has 0 radical (unpaired) electrons. The fourth-order valence-electron chi connectivity index (χ4n) is 3.07. The van der Waals surface area contributed by atoms with Crippen molar-refractivity contribution < 1.29 is 33.4 Å². The van der Waals surface area contributed by atoms with Gasteiger partial charge in [-0.05, 0) is 38.5 Å². The zero-order valence-electron chi connectivity index (χ0n) is 15.7. The molecule has 0 fully saturated rings. The third-order valence-corrected chi connectivity index (χ3v) is 4.89. The summed E-state index contributed by atoms with van der Waals surface area (Å²) in [5, 5.41) is 0. The van der Waals surface area contributed by atoms with Crippen molar-refractivity contribution >= 4 is 29.5 Å². The number of hydrogen-bond donors (Lipinski definition) is 0. The predicted octanol–water partition coefficient (Wildman–Crippen LogP) is 1.44. The Hall–Kier alpha value is -3.29. The third-order valence-electron chi connectivity index (χ3n) is 4.89. The van der Waals surface area contributed by atoms with Gasteiger partial charge in [-0.3, -0.25) is 24.1 Å². The molecule has 0 atom stereocenters. The Morgan fingerprint density at radius 2 is 1.64 bits per heavy atom. The van der Waals surface area contributed by atoms with Crippen molar-refractivity contribution in [3.05, 3.63) is 46.5 Å². The number of fused-ring (bicyclic) bond motifs is 1. The van der Waals surface area contributed by atoms with E-state index < -0.39 is 41.7 Å². The Kier molecular flexibility index (Phi) is 4.89. The first-order valence-corrected chi connectivity index (χ1v) is 8.72. The van der Waals surface area contributed by atoms with Crippen molar-refractivity contribution in [2.75, 3.05) is 13.2 Å². The van der Waals surface area contributed by atoms with Crippen LogP contribution in [-0.2, 0) is 23.9 Å². The quantitative estimate of drug-likeness (QED) is 0.414. The summed E-state index contributed by atoms with van der Waals surface area (Å²) in [6.07, 6.45) is -0.257. The van der Waals surface area contributed by atoms with E-state index in [1.807, 2.05) is 0 Å². The molecule has 3 rings (SSSR count). The van der Waals surface area contributed by atoms with Gasteiger partial charge in [0.25, 0.3) is 11.8 Å². The van der Waals surface area contributed by atoms with E-state index in [9.17, 15) is 24.0 Å². The Morgan fingerprint density at radius 3 is 2.14 bits per heavy atom. The largest absolute Gasteiger partial charge is 0.457 e. The van der Waals surface area contributed by atoms with E-state index in [0.717, 1.165) is 4.90 Å². The molecule has 0 spiro atoms. The Bertz CT molecular complexity index is 907. The van der Waals surface area contributed by atoms with E-state index in [-0.39, 0.29) is 18.5 Å². The van der Waals surface area contributed by atoms with Gasteiger partial charge in [-0.1, -0.05) is 12.1 Å². The number of imide groups is 1. The van der Waals surface area contributed by atoms with E-state index in [1.54, 1.807) is 45.0 Å². The lowest BCUT2D eigenvalue weighted by Gasteiger charge is -2.17. The normalized spacial score (nSPS) is 17.7. The lowest BCUT2D eigenvalue weighted by Crippen LogP contribution is -2.32. The highest BCUT2D eigenvalue weighted by molar-refractivity contribution is 6.21. The van der Waals surface area contributed by atoms with Gasteiger partial charge in [0.05, 0.1) is 17.5 Å². The molecule has 8 nitrogen and oxygen atoms in total. The van der Waals surface area contributed by atoms with Crippen LogP contribution in [0, 0.1) is 0 Å². The molecule has 0 bridgehead atoms. The Morgan fingerprint density at radius 1 is 1.07 bits per heavy atom. The van der Waals surface area contributed by atoms with Crippen molar-refractivity contribution in [2.45, 2.75) is 32.8 Å². The molecule has 0 saturated carbocycles. The van der Waals surface area contributed by atoms with Crippen molar-refractivity contribution in [1.29, 1.82) is 0 Å². The summed E-state index contributed by atoms with van der Waals surface area (Å²) in [4.78, 5) is 61.4. The van der Waals surface area contributed by atoms with Gasteiger partial charge in [0.2, 0.25) is 5.78 Å². The monoisotopic (exact) mass is 385 g/mol. The van der Waals surface area contributed by atoms with E-state index in [0.29, 0.717) is 16.7 Å². The maximum atomic E-state index is 12.2. The number of cyclic esters (lactones) is 1. The van der Waals surface area contributed by atoms with Crippen LogP contribution in [0.15, 0.2) is 35.4 Å². The topological polar surface area (TPSA) is 107 Å². The van der Waals surface area contributed by atoms with Gasteiger partial charge in [-0.2, -0.15) is 0 Å². The second kappa shape index (κ2) is 7.03. The molecule has 0 saturated heterocycles. The Labute approximate surface area is 161 Å². The molecule has 1 aromatic carbocycles. The van der Waals surface area contributed by atoms with Crippen molar-refractivity contribution in [3.63, 3.8) is 0 Å². The summed E-state index contributed by atoms with van der Waals surface area (Å²) in [6.45, 7) is 4.17. The van der Waals surface area contributed by atoms with Crippen LogP contribution in [0.2, 0.25) is 0 Å². The summed E-state index contributed by atoms with van der Waals surface area (Å²) in [7, 11) is 0. The number of nitrogens with zero attached hydrogens (tertiary/aromatic N) is 1. The van der Waals surface area contributed by atoms with Gasteiger partial charge >= 0.3 is 11.9 Å². The summed E-state index contributed by atoms with van der Waals surface area (Å²) in [6, 6.07) is 6.40. The van der Waals surface area contributed by atoms with Crippen LogP contribution in [0.25, 0.3) is 0 Å². The molecule has 28 heavy (non-hydrogen) atoms. The average molecular weight is 385 g/mol. The molecule has 2 amide bonds. The van der Waals surface area contributed by atoms with Gasteiger partial charge in [-0.25, -0.2) is 4.79 Å². The van der Waals surface area contributed by atoms with Crippen LogP contribution in [-0.4, -0.2) is 53.2 Å². The zero-order valence-corrected chi connectivity index (χ0v) is 15.7. The van der Waals surface area contributed by atoms with E-state index in [4.69, 9.17) is 9.47 Å². The molecule has 1 aromatic rings. The van der Waals surface area contributed by atoms with Crippen LogP contribution in [0.4, 0.5) is 0 Å². The second-order valence-electron chi connectivity index (χ2n) is 7.04. The minimum absolute atomic E-state index is 0.113. The summed E-state index contributed by atoms with van der Waals surface area (Å²) in [5.41, 5.74) is 0.0711. The van der Waals surface area contributed by atoms with Crippen LogP contribution < -0.4 is 0 Å². The predicted molar refractivity (Wildman–Crippen MR) is 95.3 cm³/mol. The number of rotatable bonds is 6. The molecule has 2 aliphatic rings. The number of amides is 2. The zero-order chi connectivity index (χ0) is 20.6. The highest BCUT2D eigenvalue weighted by atomic mass is 16.6. The summed E-state index contributed by atoms with van der Waals surface area (Å²) >= 11 is 0. The standard InChI is InChI=1S/C20H19NO7/c1-11-16(19(26)28-20(11,2)3)14(22)10-27-15(23)8-9-21-17(24)12-6-4-5-7-13(12)18(21)25/h4-7H,8-10H2,1-3H3. The number of ketones is 1. The maximum Gasteiger partial charge on any atom is 0.342 e. The lowest BCUT2D eigenvalue weighted by atomic mass is 9.96. The first-order chi connectivity index (χ1) is 13.1. The first kappa shape index (κ1) is 19.5. The number of carbonyl (C=O) groups excluding carboxylic acids is 5. The highest BCUT2D eigenvalue weighted by Gasteiger charge is 2.41. The first-order valence-electron chi connectivity index (χ1n) is 8.72. The van der Waals surface area contributed by atoms with Crippen LogP contribution in [0.5, 0.6) is 0 Å². The molecule has 0 N–H and O–H groups in total. The molecule has 2 heterocycles. The maximum absolute atomic E-state index is 12.2. The van der Waals surface area contributed by atoms with Gasteiger partial charge in [-0.15, -0.1) is 0 Å². The fraction of sp³-hybridized carbons (Fsp3) is 0.350. The second-order valence-corrected chi connectivity index (χ2v) is 7.04. The smallest absolute Gasteiger partial charge is 0.342 e. The van der Waals surface area contributed by atoms with Crippen molar-refractivity contribution in [2.24, 2.45) is 0 Å². The number of hydrogen-bond acceptors (Lipinski definition) is 7. The van der Waals surface area contributed by atoms with E-state index in [2.05, 4.69) is 0 Å². The van der Waals surface area contributed by atoms with E-state index in [1.165, 1.54) is 0 Å². The van der Waals surface area contributed by atoms with Crippen LogP contribution >= 0.6 is 0 Å². The third kappa shape index (κ3) is 3.33. The van der Waals surface area contributed by atoms with Gasteiger partial charge < -0.3 is 9.47 Å². The number of carbonyl (C=O) groups is 5. The summed E-state index contributed by atoms with van der Waals surface area (Å²) in [5.74, 6) is -3.09. The van der Waals surface area contributed by atoms with Crippen molar-refractivity contribution in [1.82, 2.24) is 4.90 Å². The molecular formula is C20H19NO7. The molecule has 146 valence electrons. The number of esters is 2. The molecule has 0 unspecified atom stereocenters. The highest BCUT2D eigenvalue weighted by Crippen LogP contribution is 2.32. The van der Waals surface area contributed by atoms with Gasteiger partial charge in [0, 0.05) is 6.54 Å². The number of Topliss-reactive ketones (excluding diaryl/α,β-unsaturated/α-hetero) is 1. The van der Waals surface area contributed by atoms with E-state index >= 15 is 0 Å². The SMILES string of the molecule is CC1=C(C(=O)COC(=O)CCN2C(=O)c3ccccc3C2=O)C(=O)OC1(C)C. The van der Waals surface area contributed by atoms with Crippen molar-refractivity contribution in [3.8, 4) is 0 Å². The van der Waals surface area contributed by atoms with Crippen LogP contribution in [0.3, 0.4) is 0 Å². The number of benzene rings is 1. The molecule has 0 aliphatic carbocycles. The fourth-order valence-corrected chi connectivity index (χ4v) is 3.07. The average Bonchev–Trinajstić information content (AvgIpc) is 3.01. The molecular weight excluding hydrogens is 366 g/mol. The number of ether oxygens (including phenoxy) is 2. The van der Waals surface area contributed by atoms with Crippen LogP contribution in [0.1, 0.15) is 47.9 Å². The summed E-state index contributed by atoms with van der Waals surface area (Å²) < 4.78 is 10.0. The minimum Gasteiger partial charge on any atom is -0.457 e. The minimum atomic E-state index is -0.877. The van der Waals surface area contributed by atoms with Gasteiger partial charge in [0.1, 0.15) is 11.2 Å². The molecule has 0 aromatic heterocycles.